The topological polar surface area (TPSA) is 47.3 Å². The molecule has 1 atom stereocenters. The van der Waals surface area contributed by atoms with E-state index < -0.39 is 11.9 Å². The van der Waals surface area contributed by atoms with Crippen LogP contribution >= 0.6 is 27.5 Å². The third-order valence-electron chi connectivity index (χ3n) is 2.88. The van der Waals surface area contributed by atoms with Crippen LogP contribution in [0.1, 0.15) is 17.4 Å². The van der Waals surface area contributed by atoms with Crippen molar-refractivity contribution in [2.75, 3.05) is 13.7 Å². The van der Waals surface area contributed by atoms with Crippen molar-refractivity contribution in [3.05, 3.63) is 51.0 Å². The summed E-state index contributed by atoms with van der Waals surface area (Å²) in [6.45, 7) is 0.880. The van der Waals surface area contributed by atoms with Crippen LogP contribution in [0.15, 0.2) is 28.9 Å². The lowest BCUT2D eigenvalue weighted by Gasteiger charge is -2.16. The molecule has 0 fully saturated rings. The Bertz CT molecular complexity index is 606. The number of hydrogen-bond acceptors (Lipinski definition) is 3. The molecule has 7 heteroatoms. The number of benzene rings is 1. The predicted molar refractivity (Wildman–Crippen MR) is 77.3 cm³/mol. The van der Waals surface area contributed by atoms with Crippen molar-refractivity contribution in [3.63, 3.8) is 0 Å². The van der Waals surface area contributed by atoms with Gasteiger partial charge in [-0.1, -0.05) is 23.7 Å². The van der Waals surface area contributed by atoms with E-state index in [1.807, 2.05) is 0 Å². The molecular formula is C13H13BrClFN2O2. The summed E-state index contributed by atoms with van der Waals surface area (Å²) in [5.74, 6) is -0.444. The van der Waals surface area contributed by atoms with Gasteiger partial charge in [0, 0.05) is 12.7 Å². The average molecular weight is 364 g/mol. The first-order valence-electron chi connectivity index (χ1n) is 5.88. The Morgan fingerprint density at radius 2 is 2.30 bits per heavy atom. The summed E-state index contributed by atoms with van der Waals surface area (Å²) in [5, 5.41) is 14.9. The predicted octanol–water partition coefficient (Wildman–Crippen LogP) is 3.17. The Kier molecular flexibility index (Phi) is 5.15. The third kappa shape index (κ3) is 3.03. The molecule has 1 aromatic heterocycles. The van der Waals surface area contributed by atoms with Crippen LogP contribution in [0.4, 0.5) is 4.39 Å². The van der Waals surface area contributed by atoms with Crippen LogP contribution in [0.5, 0.6) is 0 Å². The molecule has 4 nitrogen and oxygen atoms in total. The van der Waals surface area contributed by atoms with Crippen molar-refractivity contribution < 1.29 is 14.2 Å². The van der Waals surface area contributed by atoms with E-state index in [1.165, 1.54) is 18.3 Å². The fourth-order valence-corrected chi connectivity index (χ4v) is 2.60. The maximum atomic E-state index is 13.6. The molecular weight excluding hydrogens is 351 g/mol. The van der Waals surface area contributed by atoms with E-state index in [9.17, 15) is 9.50 Å². The Morgan fingerprint density at radius 3 is 3.00 bits per heavy atom. The van der Waals surface area contributed by atoms with Crippen molar-refractivity contribution in [2.24, 2.45) is 0 Å². The van der Waals surface area contributed by atoms with E-state index in [1.54, 1.807) is 17.9 Å². The van der Waals surface area contributed by atoms with Gasteiger partial charge in [-0.3, -0.25) is 4.68 Å². The highest BCUT2D eigenvalue weighted by Crippen LogP contribution is 2.33. The zero-order valence-electron chi connectivity index (χ0n) is 10.7. The molecule has 0 saturated heterocycles. The Balaban J connectivity index is 2.40. The van der Waals surface area contributed by atoms with E-state index in [4.69, 9.17) is 16.3 Å². The smallest absolute Gasteiger partial charge is 0.137 e. The van der Waals surface area contributed by atoms with Gasteiger partial charge >= 0.3 is 0 Å². The molecule has 2 aromatic rings. The summed E-state index contributed by atoms with van der Waals surface area (Å²) >= 11 is 9.20. The number of rotatable bonds is 5. The van der Waals surface area contributed by atoms with Gasteiger partial charge in [0.25, 0.3) is 0 Å². The van der Waals surface area contributed by atoms with Crippen LogP contribution < -0.4 is 0 Å². The van der Waals surface area contributed by atoms with E-state index in [0.717, 1.165) is 0 Å². The minimum atomic E-state index is -1.08. The van der Waals surface area contributed by atoms with E-state index in [0.29, 0.717) is 29.4 Å². The molecule has 0 aliphatic carbocycles. The molecule has 0 bridgehead atoms. The Hall–Kier alpha value is -0.950. The largest absolute Gasteiger partial charge is 0.383 e. The highest BCUT2D eigenvalue weighted by atomic mass is 79.9. The first-order chi connectivity index (χ1) is 9.56. The summed E-state index contributed by atoms with van der Waals surface area (Å²) < 4.78 is 20.3. The summed E-state index contributed by atoms with van der Waals surface area (Å²) in [6.07, 6.45) is 0.370. The SMILES string of the molecule is COCCn1ncc(Cl)c1C(O)c1cccc(F)c1Br. The van der Waals surface area contributed by atoms with Crippen LogP contribution in [0.2, 0.25) is 5.02 Å². The lowest BCUT2D eigenvalue weighted by Crippen LogP contribution is -2.14. The van der Waals surface area contributed by atoms with E-state index >= 15 is 0 Å². The standard InChI is InChI=1S/C13H13BrClFN2O2/c1-20-6-5-18-12(9(15)7-17-18)13(19)8-3-2-4-10(16)11(8)14/h2-4,7,13,19H,5-6H2,1H3. The van der Waals surface area contributed by atoms with Gasteiger partial charge in [-0.15, -0.1) is 0 Å². The summed E-state index contributed by atoms with van der Waals surface area (Å²) in [5.41, 5.74) is 0.807. The molecule has 20 heavy (non-hydrogen) atoms. The third-order valence-corrected chi connectivity index (χ3v) is 4.00. The quantitative estimate of drug-likeness (QED) is 0.887. The Morgan fingerprint density at radius 1 is 1.55 bits per heavy atom. The highest BCUT2D eigenvalue weighted by Gasteiger charge is 2.22. The zero-order valence-corrected chi connectivity index (χ0v) is 13.0. The summed E-state index contributed by atoms with van der Waals surface area (Å²) in [6, 6.07) is 4.47. The van der Waals surface area contributed by atoms with E-state index in [-0.39, 0.29) is 4.47 Å². The van der Waals surface area contributed by atoms with Gasteiger partial charge in [-0.25, -0.2) is 4.39 Å². The number of aliphatic hydroxyl groups excluding tert-OH is 1. The molecule has 2 rings (SSSR count). The number of nitrogens with zero attached hydrogens (tertiary/aromatic N) is 2. The molecule has 0 saturated carbocycles. The maximum Gasteiger partial charge on any atom is 0.137 e. The normalized spacial score (nSPS) is 12.7. The van der Waals surface area contributed by atoms with Crippen molar-refractivity contribution in [1.82, 2.24) is 9.78 Å². The number of ether oxygens (including phenoxy) is 1. The molecule has 0 aliphatic heterocycles. The second kappa shape index (κ2) is 6.67. The van der Waals surface area contributed by atoms with Crippen molar-refractivity contribution in [2.45, 2.75) is 12.6 Å². The van der Waals surface area contributed by atoms with Crippen molar-refractivity contribution >= 4 is 27.5 Å². The average Bonchev–Trinajstić information content (AvgIpc) is 2.80. The zero-order chi connectivity index (χ0) is 14.7. The molecule has 0 amide bonds. The van der Waals surface area contributed by atoms with Gasteiger partial charge in [0.05, 0.1) is 34.5 Å². The molecule has 108 valence electrons. The molecule has 0 aliphatic rings. The van der Waals surface area contributed by atoms with Crippen LogP contribution in [0.25, 0.3) is 0 Å². The fraction of sp³-hybridized carbons (Fsp3) is 0.308. The number of halogens is 3. The van der Waals surface area contributed by atoms with Gasteiger partial charge < -0.3 is 9.84 Å². The lowest BCUT2D eigenvalue weighted by molar-refractivity contribution is 0.171. The number of methoxy groups -OCH3 is 1. The molecule has 0 radical (unpaired) electrons. The lowest BCUT2D eigenvalue weighted by atomic mass is 10.1. The van der Waals surface area contributed by atoms with Crippen LogP contribution in [-0.4, -0.2) is 28.6 Å². The van der Waals surface area contributed by atoms with Gasteiger partial charge in [-0.05, 0) is 22.0 Å². The number of aromatic nitrogens is 2. The fourth-order valence-electron chi connectivity index (χ4n) is 1.88. The van der Waals surface area contributed by atoms with E-state index in [2.05, 4.69) is 21.0 Å². The van der Waals surface area contributed by atoms with Crippen molar-refractivity contribution in [3.8, 4) is 0 Å². The summed E-state index contributed by atoms with van der Waals surface area (Å²) in [7, 11) is 1.57. The molecule has 1 unspecified atom stereocenters. The summed E-state index contributed by atoms with van der Waals surface area (Å²) in [4.78, 5) is 0. The number of hydrogen-bond donors (Lipinski definition) is 1. The first kappa shape index (κ1) is 15.4. The second-order valence-corrected chi connectivity index (χ2v) is 5.34. The van der Waals surface area contributed by atoms with Gasteiger partial charge in [0.15, 0.2) is 0 Å². The monoisotopic (exact) mass is 362 g/mol. The van der Waals surface area contributed by atoms with Crippen LogP contribution in [0, 0.1) is 5.82 Å². The van der Waals surface area contributed by atoms with Gasteiger partial charge in [0.1, 0.15) is 11.9 Å². The minimum Gasteiger partial charge on any atom is -0.383 e. The highest BCUT2D eigenvalue weighted by molar-refractivity contribution is 9.10. The molecule has 0 spiro atoms. The number of aliphatic hydroxyl groups is 1. The second-order valence-electron chi connectivity index (χ2n) is 4.14. The van der Waals surface area contributed by atoms with Gasteiger partial charge in [-0.2, -0.15) is 5.10 Å². The van der Waals surface area contributed by atoms with Crippen LogP contribution in [-0.2, 0) is 11.3 Å². The first-order valence-corrected chi connectivity index (χ1v) is 7.05. The Labute approximate surface area is 129 Å². The molecule has 1 N–H and O–H groups in total. The molecule has 1 heterocycles. The maximum absolute atomic E-state index is 13.6. The minimum absolute atomic E-state index is 0.211. The van der Waals surface area contributed by atoms with Gasteiger partial charge in [0.2, 0.25) is 0 Å². The van der Waals surface area contributed by atoms with Crippen molar-refractivity contribution in [1.29, 1.82) is 0 Å². The molecule has 1 aromatic carbocycles. The van der Waals surface area contributed by atoms with Crippen LogP contribution in [0.3, 0.4) is 0 Å².